The summed E-state index contributed by atoms with van der Waals surface area (Å²) < 4.78 is 1.91. The van der Waals surface area contributed by atoms with Gasteiger partial charge in [0.2, 0.25) is 0 Å². The molecule has 0 bridgehead atoms. The molecule has 0 spiro atoms. The predicted octanol–water partition coefficient (Wildman–Crippen LogP) is 5.06. The summed E-state index contributed by atoms with van der Waals surface area (Å²) in [6, 6.07) is 5.88. The van der Waals surface area contributed by atoms with Gasteiger partial charge in [0.1, 0.15) is 11.3 Å². The summed E-state index contributed by atoms with van der Waals surface area (Å²) in [6.45, 7) is 8.17. The van der Waals surface area contributed by atoms with Gasteiger partial charge in [-0.3, -0.25) is 4.79 Å². The highest BCUT2D eigenvalue weighted by molar-refractivity contribution is 6.35. The van der Waals surface area contributed by atoms with Gasteiger partial charge in [-0.25, -0.2) is 14.6 Å². The van der Waals surface area contributed by atoms with Gasteiger partial charge in [0.15, 0.2) is 5.65 Å². The van der Waals surface area contributed by atoms with Crippen molar-refractivity contribution in [2.24, 2.45) is 17.8 Å². The molecule has 2 atom stereocenters. The molecule has 1 N–H and O–H groups in total. The van der Waals surface area contributed by atoms with Crippen molar-refractivity contribution >= 4 is 46.2 Å². The van der Waals surface area contributed by atoms with E-state index in [1.165, 1.54) is 12.8 Å². The van der Waals surface area contributed by atoms with Gasteiger partial charge in [-0.2, -0.15) is 5.10 Å². The first kappa shape index (κ1) is 24.9. The number of rotatable bonds is 6. The number of anilines is 1. The number of benzene rings is 1. The fraction of sp³-hybridized carbons (Fsp3) is 0.556. The van der Waals surface area contributed by atoms with Crippen LogP contribution in [0.1, 0.15) is 49.9 Å². The fourth-order valence-corrected chi connectivity index (χ4v) is 6.84. The first-order valence-corrected chi connectivity index (χ1v) is 13.9. The van der Waals surface area contributed by atoms with Gasteiger partial charge in [0, 0.05) is 35.7 Å². The van der Waals surface area contributed by atoms with E-state index < -0.39 is 5.97 Å². The zero-order valence-corrected chi connectivity index (χ0v) is 22.7. The minimum absolute atomic E-state index is 0.116. The molecule has 196 valence electrons. The average Bonchev–Trinajstić information content (AvgIpc) is 3.13. The molecule has 3 aromatic rings. The van der Waals surface area contributed by atoms with Crippen LogP contribution in [0, 0.1) is 24.7 Å². The number of likely N-dealkylation sites (tertiary alicyclic amines) is 1. The first-order valence-electron chi connectivity index (χ1n) is 13.2. The summed E-state index contributed by atoms with van der Waals surface area (Å²) in [6.07, 6.45) is 5.93. The van der Waals surface area contributed by atoms with Crippen LogP contribution in [0.15, 0.2) is 24.4 Å². The van der Waals surface area contributed by atoms with Crippen LogP contribution in [0.5, 0.6) is 0 Å². The molecule has 0 radical (unpaired) electrons. The highest BCUT2D eigenvalue weighted by Crippen LogP contribution is 2.38. The van der Waals surface area contributed by atoms with Crippen molar-refractivity contribution in [3.8, 4) is 0 Å². The van der Waals surface area contributed by atoms with E-state index >= 15 is 0 Å². The predicted molar refractivity (Wildman–Crippen MR) is 144 cm³/mol. The number of aryl methyl sites for hydroxylation is 1. The van der Waals surface area contributed by atoms with E-state index in [2.05, 4.69) is 16.7 Å². The number of piperidine rings is 1. The molecule has 1 unspecified atom stereocenters. The zero-order chi connectivity index (χ0) is 25.8. The van der Waals surface area contributed by atoms with Crippen LogP contribution < -0.4 is 4.90 Å². The number of hydrogen-bond donors (Lipinski definition) is 1. The van der Waals surface area contributed by atoms with Gasteiger partial charge in [0.05, 0.1) is 23.9 Å². The molecular weight excluding hydrogens is 511 g/mol. The Morgan fingerprint density at radius 1 is 1.16 bits per heavy atom. The van der Waals surface area contributed by atoms with E-state index in [1.807, 2.05) is 29.9 Å². The molecule has 4 heterocycles. The zero-order valence-electron chi connectivity index (χ0n) is 21.1. The molecule has 6 rings (SSSR count). The van der Waals surface area contributed by atoms with Crippen LogP contribution in [-0.2, 0) is 4.79 Å². The third-order valence-electron chi connectivity index (χ3n) is 8.71. The van der Waals surface area contributed by atoms with Crippen molar-refractivity contribution in [3.05, 3.63) is 45.7 Å². The Balaban J connectivity index is 1.14. The minimum atomic E-state index is -0.639. The Morgan fingerprint density at radius 3 is 2.68 bits per heavy atom. The van der Waals surface area contributed by atoms with E-state index in [0.717, 1.165) is 67.3 Å². The van der Waals surface area contributed by atoms with Gasteiger partial charge in [-0.1, -0.05) is 29.3 Å². The lowest BCUT2D eigenvalue weighted by Crippen LogP contribution is -2.56. The number of hydrogen-bond acceptors (Lipinski definition) is 6. The standard InChI is InChI=1S/C27H32Cl2N6O2/c1-15-25-26(35(32-15)16(2)22-6-5-20(28)10-23(22)29)31-24(11-30-25)34-13-19(14-34)17-4-3-7-33(12-17)21-8-18(9-21)27(36)37/h5-6,10-11,16-19,21H,3-4,7-9,12-14H2,1-2H3,(H,36,37)/t16-,17?,18?,21?/m1/s1. The highest BCUT2D eigenvalue weighted by Gasteiger charge is 2.42. The smallest absolute Gasteiger partial charge is 0.306 e. The van der Waals surface area contributed by atoms with E-state index in [4.69, 9.17) is 38.3 Å². The Morgan fingerprint density at radius 2 is 1.95 bits per heavy atom. The Kier molecular flexibility index (Phi) is 6.53. The van der Waals surface area contributed by atoms with Crippen LogP contribution in [0.2, 0.25) is 10.0 Å². The quantitative estimate of drug-likeness (QED) is 0.465. The topological polar surface area (TPSA) is 87.4 Å². The average molecular weight is 543 g/mol. The normalized spacial score (nSPS) is 25.6. The number of aliphatic carboxylic acids is 1. The summed E-state index contributed by atoms with van der Waals surface area (Å²) in [5, 5.41) is 15.2. The molecule has 1 aromatic carbocycles. The molecule has 1 aliphatic carbocycles. The number of carboxylic acids is 1. The van der Waals surface area contributed by atoms with Crippen molar-refractivity contribution in [3.63, 3.8) is 0 Å². The highest BCUT2D eigenvalue weighted by atomic mass is 35.5. The van der Waals surface area contributed by atoms with Crippen molar-refractivity contribution in [1.82, 2.24) is 24.6 Å². The van der Waals surface area contributed by atoms with Crippen molar-refractivity contribution in [1.29, 1.82) is 0 Å². The number of fused-ring (bicyclic) bond motifs is 1. The molecule has 8 nitrogen and oxygen atoms in total. The third-order valence-corrected chi connectivity index (χ3v) is 9.27. The maximum absolute atomic E-state index is 11.2. The lowest BCUT2D eigenvalue weighted by Gasteiger charge is -2.50. The molecule has 2 aromatic heterocycles. The third kappa shape index (κ3) is 4.57. The first-order chi connectivity index (χ1) is 17.8. The Bertz CT molecular complexity index is 1330. The summed E-state index contributed by atoms with van der Waals surface area (Å²) in [7, 11) is 0. The van der Waals surface area contributed by atoms with Gasteiger partial charge in [-0.05, 0) is 75.6 Å². The molecule has 37 heavy (non-hydrogen) atoms. The number of halogens is 2. The SMILES string of the molecule is Cc1nn([C@H](C)c2ccc(Cl)cc2Cl)c2nc(N3CC(C4CCCN(C5CC(C(=O)O)C5)C4)C3)cnc12. The number of aromatic nitrogens is 4. The lowest BCUT2D eigenvalue weighted by molar-refractivity contribution is -0.147. The molecular formula is C27H32Cl2N6O2. The second-order valence-corrected chi connectivity index (χ2v) is 11.8. The molecule has 3 aliphatic rings. The largest absolute Gasteiger partial charge is 0.481 e. The monoisotopic (exact) mass is 542 g/mol. The van der Waals surface area contributed by atoms with Crippen molar-refractivity contribution < 1.29 is 9.90 Å². The van der Waals surface area contributed by atoms with Crippen LogP contribution >= 0.6 is 23.2 Å². The maximum Gasteiger partial charge on any atom is 0.306 e. The van der Waals surface area contributed by atoms with Crippen LogP contribution in [0.3, 0.4) is 0 Å². The number of nitrogens with zero attached hydrogens (tertiary/aromatic N) is 6. The van der Waals surface area contributed by atoms with E-state index in [-0.39, 0.29) is 12.0 Å². The van der Waals surface area contributed by atoms with Crippen molar-refractivity contribution in [2.75, 3.05) is 31.1 Å². The molecule has 3 fully saturated rings. The van der Waals surface area contributed by atoms with Gasteiger partial charge in [0.25, 0.3) is 0 Å². The summed E-state index contributed by atoms with van der Waals surface area (Å²) in [5.74, 6) is 1.39. The molecule has 2 saturated heterocycles. The van der Waals surface area contributed by atoms with E-state index in [9.17, 15) is 9.90 Å². The molecule has 1 saturated carbocycles. The maximum atomic E-state index is 11.2. The van der Waals surface area contributed by atoms with Crippen LogP contribution in [0.4, 0.5) is 5.82 Å². The van der Waals surface area contributed by atoms with Gasteiger partial charge >= 0.3 is 5.97 Å². The molecule has 2 aliphatic heterocycles. The number of carboxylic acid groups (broad SMARTS) is 1. The minimum Gasteiger partial charge on any atom is -0.481 e. The molecule has 10 heteroatoms. The summed E-state index contributed by atoms with van der Waals surface area (Å²) >= 11 is 12.6. The lowest BCUT2D eigenvalue weighted by atomic mass is 9.76. The van der Waals surface area contributed by atoms with Crippen LogP contribution in [0.25, 0.3) is 11.2 Å². The van der Waals surface area contributed by atoms with Crippen molar-refractivity contribution in [2.45, 2.75) is 51.6 Å². The van der Waals surface area contributed by atoms with Gasteiger partial charge < -0.3 is 14.9 Å². The number of carbonyl (C=O) groups is 1. The Hall–Kier alpha value is -2.42. The van der Waals surface area contributed by atoms with E-state index in [0.29, 0.717) is 27.9 Å². The second kappa shape index (κ2) is 9.71. The fourth-order valence-electron chi connectivity index (χ4n) is 6.28. The van der Waals surface area contributed by atoms with E-state index in [1.54, 1.807) is 6.07 Å². The van der Waals surface area contributed by atoms with Gasteiger partial charge in [-0.15, -0.1) is 0 Å². The Labute approximate surface area is 226 Å². The second-order valence-electron chi connectivity index (χ2n) is 11.0. The van der Waals surface area contributed by atoms with Crippen LogP contribution in [-0.4, -0.2) is 67.9 Å². The summed E-state index contributed by atoms with van der Waals surface area (Å²) in [5.41, 5.74) is 3.35. The molecule has 0 amide bonds. The summed E-state index contributed by atoms with van der Waals surface area (Å²) in [4.78, 5) is 25.8.